The minimum Gasteiger partial charge on any atom is -0.401 e. The third-order valence-electron chi connectivity index (χ3n) is 7.15. The minimum absolute atomic E-state index is 0.539. The van der Waals surface area contributed by atoms with Gasteiger partial charge in [0.05, 0.1) is 16.7 Å². The summed E-state index contributed by atoms with van der Waals surface area (Å²) in [6.07, 6.45) is 3.97. The molecule has 0 aliphatic carbocycles. The highest BCUT2D eigenvalue weighted by atomic mass is 32.2. The Morgan fingerprint density at radius 2 is 1.86 bits per heavy atom. The van der Waals surface area contributed by atoms with E-state index in [0.717, 1.165) is 97.9 Å². The normalized spacial score (nSPS) is 18.7. The maximum Gasteiger partial charge on any atom is 0.145 e. The summed E-state index contributed by atoms with van der Waals surface area (Å²) in [4.78, 5) is 12.5. The molecule has 0 spiro atoms. The number of piperazine rings is 1. The second-order valence-electron chi connectivity index (χ2n) is 10.3. The molecule has 3 aromatic rings. The van der Waals surface area contributed by atoms with Crippen molar-refractivity contribution >= 4 is 45.7 Å². The van der Waals surface area contributed by atoms with E-state index >= 15 is 0 Å². The van der Waals surface area contributed by atoms with Crippen LogP contribution in [0.2, 0.25) is 0 Å². The van der Waals surface area contributed by atoms with Crippen molar-refractivity contribution in [1.29, 1.82) is 0 Å². The van der Waals surface area contributed by atoms with E-state index in [1.807, 2.05) is 13.1 Å². The second-order valence-corrected chi connectivity index (χ2v) is 11.7. The molecule has 2 saturated heterocycles. The molecule has 0 atom stereocenters. The van der Waals surface area contributed by atoms with E-state index in [2.05, 4.69) is 50.4 Å². The molecule has 3 aromatic heterocycles. The van der Waals surface area contributed by atoms with Crippen molar-refractivity contribution in [3.8, 4) is 0 Å². The van der Waals surface area contributed by atoms with Gasteiger partial charge in [0.15, 0.2) is 0 Å². The van der Waals surface area contributed by atoms with E-state index in [4.69, 9.17) is 26.3 Å². The highest BCUT2D eigenvalue weighted by molar-refractivity contribution is 7.94. The van der Waals surface area contributed by atoms with Gasteiger partial charge in [0, 0.05) is 88.0 Å². The number of rotatable bonds is 7. The highest BCUT2D eigenvalue weighted by Gasteiger charge is 2.23. The number of anilines is 1. The van der Waals surface area contributed by atoms with Crippen molar-refractivity contribution in [1.82, 2.24) is 28.2 Å². The second kappa shape index (κ2) is 11.0. The fraction of sp³-hybridized carbons (Fsp3) is 0.538. The Morgan fingerprint density at radius 1 is 1.14 bits per heavy atom. The molecular weight excluding hydrogens is 486 g/mol. The van der Waals surface area contributed by atoms with E-state index in [9.17, 15) is 0 Å². The van der Waals surface area contributed by atoms with Crippen molar-refractivity contribution in [2.45, 2.75) is 26.3 Å². The topological polar surface area (TPSA) is 105 Å². The van der Waals surface area contributed by atoms with Crippen molar-refractivity contribution in [2.24, 2.45) is 17.5 Å². The summed E-state index contributed by atoms with van der Waals surface area (Å²) in [5, 5.41) is 2.64. The van der Waals surface area contributed by atoms with Crippen LogP contribution in [0.1, 0.15) is 25.3 Å². The van der Waals surface area contributed by atoms with Gasteiger partial charge in [-0.3, -0.25) is 4.98 Å². The zero-order valence-electron chi connectivity index (χ0n) is 22.4. The first-order chi connectivity index (χ1) is 17.8. The molecule has 2 fully saturated rings. The number of aromatic nitrogens is 3. The molecule has 0 unspecified atom stereocenters. The first kappa shape index (κ1) is 26.1. The number of allylic oxidation sites excluding steroid dienone is 1. The lowest BCUT2D eigenvalue weighted by Crippen LogP contribution is -2.44. The van der Waals surface area contributed by atoms with Gasteiger partial charge in [0.2, 0.25) is 0 Å². The Morgan fingerprint density at radius 3 is 2.51 bits per heavy atom. The van der Waals surface area contributed by atoms with Gasteiger partial charge >= 0.3 is 0 Å². The average Bonchev–Trinajstić information content (AvgIpc) is 3.16. The van der Waals surface area contributed by atoms with E-state index in [0.29, 0.717) is 11.6 Å². The molecule has 5 heterocycles. The lowest BCUT2D eigenvalue weighted by molar-refractivity contribution is 0.0619. The van der Waals surface area contributed by atoms with Gasteiger partial charge in [-0.15, -0.1) is 0 Å². The van der Waals surface area contributed by atoms with Gasteiger partial charge in [-0.05, 0) is 58.0 Å². The van der Waals surface area contributed by atoms with E-state index in [1.54, 1.807) is 24.2 Å². The minimum atomic E-state index is 0.539. The highest BCUT2D eigenvalue weighted by Crippen LogP contribution is 2.33. The van der Waals surface area contributed by atoms with Gasteiger partial charge in [-0.1, -0.05) is 0 Å². The molecule has 4 N–H and O–H groups in total. The smallest absolute Gasteiger partial charge is 0.145 e. The molecule has 0 aromatic carbocycles. The summed E-state index contributed by atoms with van der Waals surface area (Å²) in [5.74, 6) is 7.70. The molecule has 2 aliphatic rings. The molecule has 0 amide bonds. The fourth-order valence-corrected chi connectivity index (χ4v) is 6.21. The summed E-state index contributed by atoms with van der Waals surface area (Å²) >= 11 is 1.78. The summed E-state index contributed by atoms with van der Waals surface area (Å²) in [6.45, 7) is 8.29. The van der Waals surface area contributed by atoms with Crippen molar-refractivity contribution in [3.05, 3.63) is 35.7 Å². The molecule has 5 rings (SSSR count). The van der Waals surface area contributed by atoms with Gasteiger partial charge in [-0.25, -0.2) is 19.4 Å². The molecule has 37 heavy (non-hydrogen) atoms. The molecule has 0 radical (unpaired) electrons. The summed E-state index contributed by atoms with van der Waals surface area (Å²) in [7, 11) is 5.98. The van der Waals surface area contributed by atoms with Crippen molar-refractivity contribution < 1.29 is 4.74 Å². The van der Waals surface area contributed by atoms with Crippen molar-refractivity contribution in [2.75, 3.05) is 65.4 Å². The van der Waals surface area contributed by atoms with Crippen LogP contribution in [-0.4, -0.2) is 88.7 Å². The van der Waals surface area contributed by atoms with Gasteiger partial charge in [-0.2, -0.15) is 0 Å². The number of nitrogens with two attached hydrogens (primary N) is 2. The zero-order chi connectivity index (χ0) is 26.1. The average molecular weight is 526 g/mol. The Bertz CT molecular complexity index is 1270. The Kier molecular flexibility index (Phi) is 7.77. The SMILES string of the molecule is C/C(N)=C(\c1cnc2c3ccc(N4CCN(SN(C)C)CC4)nc3n(CC3CCOCC3)c2c1)N(C)N. The van der Waals surface area contributed by atoms with E-state index < -0.39 is 0 Å². The Balaban J connectivity index is 1.56. The quantitative estimate of drug-likeness (QED) is 0.272. The third kappa shape index (κ3) is 5.51. The lowest BCUT2D eigenvalue weighted by atomic mass is 10.0. The standard InChI is InChI=1S/C26H39N9OS/c1-18(27)25(32(4)28)20-15-22-24(29-16-20)21-5-6-23(33-9-11-34(12-10-33)37-31(2)3)30-26(21)35(22)17-19-7-13-36-14-8-19/h5-6,15-16,19H,7-14,17,27-28H2,1-4H3/b25-18-. The van der Waals surface area contributed by atoms with Gasteiger partial charge in [0.25, 0.3) is 0 Å². The molecule has 0 bridgehead atoms. The third-order valence-corrected chi connectivity index (χ3v) is 8.07. The Labute approximate surface area is 223 Å². The molecule has 0 saturated carbocycles. The van der Waals surface area contributed by atoms with Crippen LogP contribution >= 0.6 is 12.1 Å². The van der Waals surface area contributed by atoms with Crippen LogP contribution < -0.4 is 16.5 Å². The van der Waals surface area contributed by atoms with Crippen LogP contribution in [0.4, 0.5) is 5.82 Å². The van der Waals surface area contributed by atoms with Crippen LogP contribution in [0.25, 0.3) is 27.8 Å². The molecule has 11 heteroatoms. The number of hydrogen-bond donors (Lipinski definition) is 2. The van der Waals surface area contributed by atoms with Crippen LogP contribution in [0.3, 0.4) is 0 Å². The number of nitrogens with zero attached hydrogens (tertiary/aromatic N) is 7. The maximum atomic E-state index is 6.20. The number of ether oxygens (including phenoxy) is 1. The summed E-state index contributed by atoms with van der Waals surface area (Å²) < 4.78 is 12.5. The van der Waals surface area contributed by atoms with Gasteiger partial charge in [0.1, 0.15) is 11.5 Å². The predicted octanol–water partition coefficient (Wildman–Crippen LogP) is 2.71. The van der Waals surface area contributed by atoms with Crippen LogP contribution in [0.5, 0.6) is 0 Å². The number of fused-ring (bicyclic) bond motifs is 3. The maximum absolute atomic E-state index is 6.20. The number of hydrazine groups is 1. The number of hydrogen-bond acceptors (Lipinski definition) is 10. The van der Waals surface area contributed by atoms with Crippen LogP contribution in [-0.2, 0) is 11.3 Å². The molecular formula is C26H39N9OS. The van der Waals surface area contributed by atoms with Crippen LogP contribution in [0, 0.1) is 5.92 Å². The summed E-state index contributed by atoms with van der Waals surface area (Å²) in [6, 6.07) is 6.50. The first-order valence-electron chi connectivity index (χ1n) is 13.0. The summed E-state index contributed by atoms with van der Waals surface area (Å²) in [5.41, 5.74) is 11.6. The zero-order valence-corrected chi connectivity index (χ0v) is 23.2. The van der Waals surface area contributed by atoms with Crippen molar-refractivity contribution in [3.63, 3.8) is 0 Å². The lowest BCUT2D eigenvalue weighted by Gasteiger charge is -2.35. The van der Waals surface area contributed by atoms with Crippen LogP contribution in [0.15, 0.2) is 30.1 Å². The molecule has 2 aliphatic heterocycles. The van der Waals surface area contributed by atoms with E-state index in [1.165, 1.54) is 0 Å². The monoisotopic (exact) mass is 525 g/mol. The first-order valence-corrected chi connectivity index (χ1v) is 13.7. The fourth-order valence-electron chi connectivity index (χ4n) is 5.43. The molecule has 200 valence electrons. The number of pyridine rings is 2. The largest absolute Gasteiger partial charge is 0.401 e. The Hall–Kier alpha value is -2.57. The van der Waals surface area contributed by atoms with E-state index in [-0.39, 0.29) is 0 Å². The van der Waals surface area contributed by atoms with Gasteiger partial charge < -0.3 is 24.9 Å². The molecule has 10 nitrogen and oxygen atoms in total. The predicted molar refractivity (Wildman–Crippen MR) is 152 cm³/mol.